The number of rotatable bonds is 2. The van der Waals surface area contributed by atoms with Gasteiger partial charge in [0.2, 0.25) is 0 Å². The molecule has 0 aromatic carbocycles. The van der Waals surface area contributed by atoms with Gasteiger partial charge in [0.1, 0.15) is 0 Å². The number of hydrogen-bond acceptors (Lipinski definition) is 4. The smallest absolute Gasteiger partial charge is 0.258 e. The van der Waals surface area contributed by atoms with E-state index in [1.54, 1.807) is 31.5 Å². The lowest BCUT2D eigenvalue weighted by Gasteiger charge is -2.05. The molecular formula is C11H10N4O. The predicted molar refractivity (Wildman–Crippen MR) is 59.0 cm³/mol. The first-order valence-electron chi connectivity index (χ1n) is 4.76. The zero-order chi connectivity index (χ0) is 11.4. The maximum Gasteiger partial charge on any atom is 0.258 e. The molecule has 0 saturated carbocycles. The number of hydrogen-bond donors (Lipinski definition) is 1. The molecule has 0 unspecified atom stereocenters. The van der Waals surface area contributed by atoms with Crippen molar-refractivity contribution < 1.29 is 4.79 Å². The highest BCUT2D eigenvalue weighted by Gasteiger charge is 2.09. The van der Waals surface area contributed by atoms with E-state index in [1.165, 1.54) is 12.4 Å². The Morgan fingerprint density at radius 2 is 2.12 bits per heavy atom. The second-order valence-electron chi connectivity index (χ2n) is 3.18. The molecule has 0 bridgehead atoms. The third-order valence-electron chi connectivity index (χ3n) is 2.06. The quantitative estimate of drug-likeness (QED) is 0.821. The van der Waals surface area contributed by atoms with Crippen LogP contribution < -0.4 is 5.32 Å². The van der Waals surface area contributed by atoms with Gasteiger partial charge in [-0.1, -0.05) is 0 Å². The van der Waals surface area contributed by atoms with Gasteiger partial charge < -0.3 is 5.32 Å². The summed E-state index contributed by atoms with van der Waals surface area (Å²) >= 11 is 0. The van der Waals surface area contributed by atoms with Crippen molar-refractivity contribution >= 4 is 11.7 Å². The Hall–Kier alpha value is -2.30. The molecule has 0 saturated heterocycles. The van der Waals surface area contributed by atoms with Crippen LogP contribution in [0.1, 0.15) is 16.1 Å². The van der Waals surface area contributed by atoms with E-state index >= 15 is 0 Å². The summed E-state index contributed by atoms with van der Waals surface area (Å²) in [6.07, 6.45) is 6.20. The molecule has 0 atom stereocenters. The Balaban J connectivity index is 2.19. The number of amides is 1. The molecule has 0 fully saturated rings. The Kier molecular flexibility index (Phi) is 2.86. The Bertz CT molecular complexity index is 498. The average Bonchev–Trinajstić information content (AvgIpc) is 2.31. The summed E-state index contributed by atoms with van der Waals surface area (Å²) in [4.78, 5) is 23.7. The van der Waals surface area contributed by atoms with Crippen LogP contribution in [0.3, 0.4) is 0 Å². The highest BCUT2D eigenvalue weighted by Crippen LogP contribution is 2.07. The lowest BCUT2D eigenvalue weighted by molar-refractivity contribution is 0.102. The molecule has 0 spiro atoms. The summed E-state index contributed by atoms with van der Waals surface area (Å²) in [6, 6.07) is 3.44. The van der Waals surface area contributed by atoms with Gasteiger partial charge in [0.25, 0.3) is 5.91 Å². The fourth-order valence-electron chi connectivity index (χ4n) is 1.27. The van der Waals surface area contributed by atoms with E-state index < -0.39 is 0 Å². The molecular weight excluding hydrogens is 204 g/mol. The molecule has 1 N–H and O–H groups in total. The maximum absolute atomic E-state index is 11.8. The van der Waals surface area contributed by atoms with Gasteiger partial charge in [0, 0.05) is 24.3 Å². The van der Waals surface area contributed by atoms with Crippen molar-refractivity contribution in [3.05, 3.63) is 48.2 Å². The molecule has 0 radical (unpaired) electrons. The minimum Gasteiger partial charge on any atom is -0.305 e. The van der Waals surface area contributed by atoms with Crippen molar-refractivity contribution in [3.8, 4) is 0 Å². The van der Waals surface area contributed by atoms with Crippen molar-refractivity contribution in [2.75, 3.05) is 5.32 Å². The Labute approximate surface area is 92.6 Å². The number of carbonyl (C=O) groups excluding carboxylic acids is 1. The molecule has 2 heterocycles. The average molecular weight is 214 g/mol. The van der Waals surface area contributed by atoms with Crippen molar-refractivity contribution in [3.63, 3.8) is 0 Å². The molecule has 2 aromatic heterocycles. The van der Waals surface area contributed by atoms with Crippen LogP contribution in [0.4, 0.5) is 5.82 Å². The van der Waals surface area contributed by atoms with E-state index in [-0.39, 0.29) is 5.91 Å². The van der Waals surface area contributed by atoms with Gasteiger partial charge in [0.05, 0.1) is 11.8 Å². The number of pyridine rings is 1. The third-order valence-corrected chi connectivity index (χ3v) is 2.06. The molecule has 16 heavy (non-hydrogen) atoms. The molecule has 2 rings (SSSR count). The van der Waals surface area contributed by atoms with Crippen LogP contribution in [-0.4, -0.2) is 20.9 Å². The first kappa shape index (κ1) is 10.2. The van der Waals surface area contributed by atoms with Gasteiger partial charge in [0.15, 0.2) is 5.82 Å². The van der Waals surface area contributed by atoms with E-state index in [9.17, 15) is 4.79 Å². The zero-order valence-corrected chi connectivity index (χ0v) is 8.71. The molecule has 1 amide bonds. The number of nitrogens with one attached hydrogen (secondary N) is 1. The van der Waals surface area contributed by atoms with E-state index in [2.05, 4.69) is 20.3 Å². The van der Waals surface area contributed by atoms with Gasteiger partial charge in [-0.3, -0.25) is 14.8 Å². The lowest BCUT2D eigenvalue weighted by atomic mass is 10.2. The molecule has 5 nitrogen and oxygen atoms in total. The van der Waals surface area contributed by atoms with E-state index in [0.29, 0.717) is 17.1 Å². The van der Waals surface area contributed by atoms with Crippen molar-refractivity contribution in [2.24, 2.45) is 0 Å². The van der Waals surface area contributed by atoms with Crippen LogP contribution >= 0.6 is 0 Å². The molecule has 80 valence electrons. The standard InChI is InChI=1S/C11H10N4O/c1-8-9(3-2-4-13-8)11(16)15-10-7-12-5-6-14-10/h2-7H,1H3,(H,14,15,16). The SMILES string of the molecule is Cc1ncccc1C(=O)Nc1cnccn1. The number of nitrogens with zero attached hydrogens (tertiary/aromatic N) is 3. The normalized spacial score (nSPS) is 9.81. The highest BCUT2D eigenvalue weighted by molar-refractivity contribution is 6.04. The van der Waals surface area contributed by atoms with Crippen LogP contribution in [0.15, 0.2) is 36.9 Å². The summed E-state index contributed by atoms with van der Waals surface area (Å²) in [7, 11) is 0. The number of carbonyl (C=O) groups is 1. The maximum atomic E-state index is 11.8. The van der Waals surface area contributed by atoms with E-state index in [1.807, 2.05) is 0 Å². The van der Waals surface area contributed by atoms with Gasteiger partial charge in [-0.15, -0.1) is 0 Å². The fraction of sp³-hybridized carbons (Fsp3) is 0.0909. The van der Waals surface area contributed by atoms with Crippen LogP contribution in [0.25, 0.3) is 0 Å². The van der Waals surface area contributed by atoms with Crippen LogP contribution in [0.2, 0.25) is 0 Å². The Morgan fingerprint density at radius 3 is 2.81 bits per heavy atom. The number of aryl methyl sites for hydroxylation is 1. The first-order valence-corrected chi connectivity index (χ1v) is 4.76. The monoisotopic (exact) mass is 214 g/mol. The van der Waals surface area contributed by atoms with Crippen LogP contribution in [0.5, 0.6) is 0 Å². The second-order valence-corrected chi connectivity index (χ2v) is 3.18. The van der Waals surface area contributed by atoms with Crippen molar-refractivity contribution in [1.29, 1.82) is 0 Å². The summed E-state index contributed by atoms with van der Waals surface area (Å²) in [5.41, 5.74) is 1.22. The summed E-state index contributed by atoms with van der Waals surface area (Å²) < 4.78 is 0. The zero-order valence-electron chi connectivity index (χ0n) is 8.71. The number of anilines is 1. The number of aromatic nitrogens is 3. The molecule has 0 aliphatic carbocycles. The highest BCUT2D eigenvalue weighted by atomic mass is 16.1. The van der Waals surface area contributed by atoms with Crippen molar-refractivity contribution in [2.45, 2.75) is 6.92 Å². The minimum absolute atomic E-state index is 0.230. The topological polar surface area (TPSA) is 67.8 Å². The fourth-order valence-corrected chi connectivity index (χ4v) is 1.27. The molecule has 0 aliphatic rings. The lowest BCUT2D eigenvalue weighted by Crippen LogP contribution is -2.14. The van der Waals surface area contributed by atoms with Gasteiger partial charge in [-0.05, 0) is 19.1 Å². The van der Waals surface area contributed by atoms with Crippen molar-refractivity contribution in [1.82, 2.24) is 15.0 Å². The second kappa shape index (κ2) is 4.48. The Morgan fingerprint density at radius 1 is 1.25 bits per heavy atom. The predicted octanol–water partition coefficient (Wildman–Crippen LogP) is 1.43. The molecule has 5 heteroatoms. The van der Waals surface area contributed by atoms with E-state index in [4.69, 9.17) is 0 Å². The van der Waals surface area contributed by atoms with Gasteiger partial charge in [-0.2, -0.15) is 0 Å². The van der Waals surface area contributed by atoms with Crippen LogP contribution in [0, 0.1) is 6.92 Å². The summed E-state index contributed by atoms with van der Waals surface area (Å²) in [6.45, 7) is 1.78. The third kappa shape index (κ3) is 2.20. The van der Waals surface area contributed by atoms with Gasteiger partial charge >= 0.3 is 0 Å². The van der Waals surface area contributed by atoms with Gasteiger partial charge in [-0.25, -0.2) is 4.98 Å². The molecule has 2 aromatic rings. The van der Waals surface area contributed by atoms with E-state index in [0.717, 1.165) is 0 Å². The van der Waals surface area contributed by atoms with Crippen LogP contribution in [-0.2, 0) is 0 Å². The summed E-state index contributed by atoms with van der Waals surface area (Å²) in [5, 5.41) is 2.65. The minimum atomic E-state index is -0.230. The largest absolute Gasteiger partial charge is 0.305 e. The first-order chi connectivity index (χ1) is 7.77. The molecule has 0 aliphatic heterocycles. The summed E-state index contributed by atoms with van der Waals surface area (Å²) in [5.74, 6) is 0.196.